The van der Waals surface area contributed by atoms with Gasteiger partial charge in [0, 0.05) is 36.7 Å². The van der Waals surface area contributed by atoms with Crippen LogP contribution < -0.4 is 14.4 Å². The molecule has 0 fully saturated rings. The second-order valence-corrected chi connectivity index (χ2v) is 12.7. The molecule has 0 aliphatic rings. The normalized spacial score (nSPS) is 11.7. The summed E-state index contributed by atoms with van der Waals surface area (Å²) in [6, 6.07) is 24.5. The maximum Gasteiger partial charge on any atom is 0.273 e. The average molecular weight is 665 g/mol. The quantitative estimate of drug-likeness (QED) is 0.154. The number of nitro benzene ring substituents is 1. The molecule has 1 atom stereocenters. The monoisotopic (exact) mass is 664 g/mol. The minimum atomic E-state index is -4.55. The van der Waals surface area contributed by atoms with Gasteiger partial charge in [-0.3, -0.25) is 24.0 Å². The van der Waals surface area contributed by atoms with E-state index < -0.39 is 39.3 Å². The van der Waals surface area contributed by atoms with Crippen molar-refractivity contribution in [3.8, 4) is 5.75 Å². The lowest BCUT2D eigenvalue weighted by Crippen LogP contribution is -2.53. The first kappa shape index (κ1) is 33.9. The van der Waals surface area contributed by atoms with Crippen molar-refractivity contribution in [3.05, 3.63) is 129 Å². The molecule has 0 radical (unpaired) electrons. The number of nitro groups is 1. The average Bonchev–Trinajstić information content (AvgIpc) is 3.05. The second-order valence-electron chi connectivity index (χ2n) is 10.4. The number of anilines is 1. The SMILES string of the molecule is CNC(=O)[C@@H](Cc1ccccc1)N(Cc1cccc(Cl)c1)C(=O)CN(c1ccc(OC)cc1)S(=O)(=O)c1ccc(C)c([N+](=O)[O-])c1. The van der Waals surface area contributed by atoms with Gasteiger partial charge in [0.2, 0.25) is 11.8 Å². The molecule has 0 aromatic heterocycles. The molecule has 11 nitrogen and oxygen atoms in total. The number of nitrogens with zero attached hydrogens (tertiary/aromatic N) is 3. The first-order valence-electron chi connectivity index (χ1n) is 14.2. The third-order valence-corrected chi connectivity index (χ3v) is 9.37. The standard InChI is InChI=1S/C33H33ClN4O7S/c1-23-12-17-29(20-30(23)38(41)42)46(43,44)37(27-13-15-28(45-3)16-14-27)22-32(39)36(21-25-10-7-11-26(34)18-25)31(33(40)35-2)19-24-8-5-4-6-9-24/h4-18,20,31H,19,21-22H2,1-3H3,(H,35,40)/t31-/m1/s1. The highest BCUT2D eigenvalue weighted by Gasteiger charge is 2.35. The number of likely N-dealkylation sites (N-methyl/N-ethyl adjacent to an activating group) is 1. The van der Waals surface area contributed by atoms with Crippen molar-refractivity contribution in [2.75, 3.05) is 25.0 Å². The third-order valence-electron chi connectivity index (χ3n) is 7.36. The number of rotatable bonds is 13. The molecule has 0 aliphatic heterocycles. The fourth-order valence-electron chi connectivity index (χ4n) is 4.90. The molecule has 2 amide bonds. The number of aryl methyl sites for hydroxylation is 1. The molecule has 0 saturated heterocycles. The zero-order valence-corrected chi connectivity index (χ0v) is 27.0. The number of methoxy groups -OCH3 is 1. The predicted octanol–water partition coefficient (Wildman–Crippen LogP) is 5.15. The Morgan fingerprint density at radius 1 is 0.957 bits per heavy atom. The number of hydrogen-bond donors (Lipinski definition) is 1. The maximum atomic E-state index is 14.4. The summed E-state index contributed by atoms with van der Waals surface area (Å²) in [7, 11) is -1.63. The van der Waals surface area contributed by atoms with Crippen LogP contribution >= 0.6 is 11.6 Å². The summed E-state index contributed by atoms with van der Waals surface area (Å²) < 4.78 is 34.5. The van der Waals surface area contributed by atoms with E-state index >= 15 is 0 Å². The highest BCUT2D eigenvalue weighted by Crippen LogP contribution is 2.30. The Hall–Kier alpha value is -4.94. The van der Waals surface area contributed by atoms with Gasteiger partial charge in [-0.15, -0.1) is 0 Å². The molecule has 0 aliphatic carbocycles. The second kappa shape index (κ2) is 14.9. The Kier molecular flexibility index (Phi) is 11.0. The number of ether oxygens (including phenoxy) is 1. The molecule has 1 N–H and O–H groups in total. The highest BCUT2D eigenvalue weighted by molar-refractivity contribution is 7.92. The molecule has 0 saturated carbocycles. The summed E-state index contributed by atoms with van der Waals surface area (Å²) in [5.41, 5.74) is 1.41. The number of carbonyl (C=O) groups excluding carboxylic acids is 2. The summed E-state index contributed by atoms with van der Waals surface area (Å²) in [5.74, 6) is -0.693. The smallest absolute Gasteiger partial charge is 0.273 e. The minimum absolute atomic E-state index is 0.0587. The Morgan fingerprint density at radius 3 is 2.24 bits per heavy atom. The van der Waals surface area contributed by atoms with Gasteiger partial charge in [-0.1, -0.05) is 60.1 Å². The largest absolute Gasteiger partial charge is 0.497 e. The van der Waals surface area contributed by atoms with Crippen LogP contribution in [0.5, 0.6) is 5.75 Å². The number of hydrogen-bond acceptors (Lipinski definition) is 7. The molecule has 4 aromatic rings. The van der Waals surface area contributed by atoms with Gasteiger partial charge in [0.25, 0.3) is 15.7 Å². The molecular formula is C33H33ClN4O7S. The van der Waals surface area contributed by atoms with Gasteiger partial charge in [0.15, 0.2) is 0 Å². The topological polar surface area (TPSA) is 139 Å². The summed E-state index contributed by atoms with van der Waals surface area (Å²) in [6.07, 6.45) is 0.145. The minimum Gasteiger partial charge on any atom is -0.497 e. The van der Waals surface area contributed by atoms with Crippen molar-refractivity contribution >= 4 is 44.8 Å². The molecule has 0 heterocycles. The van der Waals surface area contributed by atoms with Gasteiger partial charge < -0.3 is 15.0 Å². The number of nitrogens with one attached hydrogen (secondary N) is 1. The lowest BCUT2D eigenvalue weighted by atomic mass is 10.0. The fraction of sp³-hybridized carbons (Fsp3) is 0.212. The van der Waals surface area contributed by atoms with Crippen LogP contribution in [0.1, 0.15) is 16.7 Å². The van der Waals surface area contributed by atoms with Crippen molar-refractivity contribution < 1.29 is 27.7 Å². The van der Waals surface area contributed by atoms with E-state index in [1.165, 1.54) is 62.4 Å². The van der Waals surface area contributed by atoms with Gasteiger partial charge in [-0.2, -0.15) is 0 Å². The van der Waals surface area contributed by atoms with Crippen molar-refractivity contribution in [1.82, 2.24) is 10.2 Å². The van der Waals surface area contributed by atoms with E-state index in [0.29, 0.717) is 16.3 Å². The van der Waals surface area contributed by atoms with Crippen LogP contribution in [0.2, 0.25) is 5.02 Å². The van der Waals surface area contributed by atoms with E-state index in [1.54, 1.807) is 24.3 Å². The van der Waals surface area contributed by atoms with Gasteiger partial charge in [-0.05, 0) is 60.5 Å². The molecule has 0 unspecified atom stereocenters. The lowest BCUT2D eigenvalue weighted by molar-refractivity contribution is -0.385. The van der Waals surface area contributed by atoms with Crippen LogP contribution in [-0.4, -0.2) is 56.8 Å². The van der Waals surface area contributed by atoms with E-state index in [9.17, 15) is 28.1 Å². The highest BCUT2D eigenvalue weighted by atomic mass is 35.5. The molecular weight excluding hydrogens is 632 g/mol. The van der Waals surface area contributed by atoms with E-state index in [2.05, 4.69) is 5.32 Å². The van der Waals surface area contributed by atoms with Gasteiger partial charge in [0.05, 0.1) is 22.6 Å². The zero-order valence-electron chi connectivity index (χ0n) is 25.4. The van der Waals surface area contributed by atoms with Crippen molar-refractivity contribution in [2.24, 2.45) is 0 Å². The first-order valence-corrected chi connectivity index (χ1v) is 16.0. The van der Waals surface area contributed by atoms with Crippen LogP contribution in [0.25, 0.3) is 0 Å². The van der Waals surface area contributed by atoms with Gasteiger partial charge in [0.1, 0.15) is 18.3 Å². The molecule has 0 bridgehead atoms. The van der Waals surface area contributed by atoms with E-state index in [-0.39, 0.29) is 34.8 Å². The third kappa shape index (κ3) is 8.01. The van der Waals surface area contributed by atoms with Crippen molar-refractivity contribution in [2.45, 2.75) is 30.8 Å². The van der Waals surface area contributed by atoms with Crippen LogP contribution in [0.15, 0.2) is 102 Å². The summed E-state index contributed by atoms with van der Waals surface area (Å²) in [5, 5.41) is 14.7. The molecule has 4 rings (SSSR count). The molecule has 13 heteroatoms. The van der Waals surface area contributed by atoms with Crippen molar-refractivity contribution in [1.29, 1.82) is 0 Å². The molecule has 46 heavy (non-hydrogen) atoms. The Bertz CT molecular complexity index is 1820. The van der Waals surface area contributed by atoms with Crippen molar-refractivity contribution in [3.63, 3.8) is 0 Å². The van der Waals surface area contributed by atoms with E-state index in [1.807, 2.05) is 30.3 Å². The summed E-state index contributed by atoms with van der Waals surface area (Å²) in [6.45, 7) is 0.717. The maximum absolute atomic E-state index is 14.4. The zero-order chi connectivity index (χ0) is 33.4. The van der Waals surface area contributed by atoms with E-state index in [4.69, 9.17) is 16.3 Å². The Morgan fingerprint density at radius 2 is 1.63 bits per heavy atom. The predicted molar refractivity (Wildman–Crippen MR) is 175 cm³/mol. The number of sulfonamides is 1. The van der Waals surface area contributed by atoms with Crippen LogP contribution in [0, 0.1) is 17.0 Å². The van der Waals surface area contributed by atoms with Crippen LogP contribution in [0.3, 0.4) is 0 Å². The van der Waals surface area contributed by atoms with Gasteiger partial charge >= 0.3 is 0 Å². The summed E-state index contributed by atoms with van der Waals surface area (Å²) >= 11 is 6.24. The number of carbonyl (C=O) groups is 2. The van der Waals surface area contributed by atoms with E-state index in [0.717, 1.165) is 15.9 Å². The Labute approximate surface area is 272 Å². The van der Waals surface area contributed by atoms with Crippen LogP contribution in [0.4, 0.5) is 11.4 Å². The first-order chi connectivity index (χ1) is 21.9. The summed E-state index contributed by atoms with van der Waals surface area (Å²) in [4.78, 5) is 39.7. The fourth-order valence-corrected chi connectivity index (χ4v) is 6.55. The van der Waals surface area contributed by atoms with Crippen LogP contribution in [-0.2, 0) is 32.6 Å². The lowest BCUT2D eigenvalue weighted by Gasteiger charge is -2.33. The van der Waals surface area contributed by atoms with Gasteiger partial charge in [-0.25, -0.2) is 8.42 Å². The Balaban J connectivity index is 1.83. The molecule has 4 aromatic carbocycles. The number of amides is 2. The molecule has 0 spiro atoms. The number of halogens is 1. The molecule has 240 valence electrons. The number of benzene rings is 4.